The van der Waals surface area contributed by atoms with E-state index in [2.05, 4.69) is 15.9 Å². The normalized spacial score (nSPS) is 14.5. The van der Waals surface area contributed by atoms with Gasteiger partial charge in [-0.3, -0.25) is 4.79 Å². The van der Waals surface area contributed by atoms with Gasteiger partial charge in [0.2, 0.25) is 0 Å². The molecule has 5 heteroatoms. The number of amides is 1. The minimum absolute atomic E-state index is 0.0657. The topological polar surface area (TPSA) is 29.5 Å². The highest BCUT2D eigenvalue weighted by Gasteiger charge is 2.21. The second kappa shape index (κ2) is 5.35. The molecule has 1 aromatic carbocycles. The SMILES string of the molecule is O=C(c1ccc(Br)s1)N1CCOc2ccccc2C1. The zero-order chi connectivity index (χ0) is 13.2. The number of fused-ring (bicyclic) bond motifs is 1. The van der Waals surface area contributed by atoms with Crippen molar-refractivity contribution in [3.8, 4) is 5.75 Å². The summed E-state index contributed by atoms with van der Waals surface area (Å²) in [7, 11) is 0. The molecule has 0 spiro atoms. The first-order chi connectivity index (χ1) is 9.24. The Morgan fingerprint density at radius 3 is 2.89 bits per heavy atom. The summed E-state index contributed by atoms with van der Waals surface area (Å²) in [5.41, 5.74) is 1.06. The van der Waals surface area contributed by atoms with Crippen molar-refractivity contribution in [2.24, 2.45) is 0 Å². The van der Waals surface area contributed by atoms with Crippen molar-refractivity contribution < 1.29 is 9.53 Å². The monoisotopic (exact) mass is 337 g/mol. The average molecular weight is 338 g/mol. The van der Waals surface area contributed by atoms with E-state index in [1.807, 2.05) is 41.3 Å². The number of ether oxygens (including phenoxy) is 1. The molecule has 0 fully saturated rings. The van der Waals surface area contributed by atoms with Gasteiger partial charge in [0.05, 0.1) is 15.2 Å². The van der Waals surface area contributed by atoms with Gasteiger partial charge in [-0.1, -0.05) is 18.2 Å². The maximum atomic E-state index is 12.4. The number of nitrogens with zero attached hydrogens (tertiary/aromatic N) is 1. The van der Waals surface area contributed by atoms with Crippen molar-refractivity contribution in [3.05, 3.63) is 50.6 Å². The fourth-order valence-electron chi connectivity index (χ4n) is 2.08. The second-order valence-electron chi connectivity index (χ2n) is 4.29. The van der Waals surface area contributed by atoms with Crippen LogP contribution < -0.4 is 4.74 Å². The number of thiophene rings is 1. The minimum Gasteiger partial charge on any atom is -0.491 e. The van der Waals surface area contributed by atoms with E-state index in [0.29, 0.717) is 19.7 Å². The van der Waals surface area contributed by atoms with Crippen molar-refractivity contribution in [3.63, 3.8) is 0 Å². The lowest BCUT2D eigenvalue weighted by Crippen LogP contribution is -2.31. The molecule has 0 aliphatic carbocycles. The Labute approximate surface area is 123 Å². The smallest absolute Gasteiger partial charge is 0.264 e. The summed E-state index contributed by atoms with van der Waals surface area (Å²) >= 11 is 4.85. The van der Waals surface area contributed by atoms with Gasteiger partial charge in [0, 0.05) is 12.1 Å². The van der Waals surface area contributed by atoms with Crippen molar-refractivity contribution >= 4 is 33.2 Å². The lowest BCUT2D eigenvalue weighted by molar-refractivity contribution is 0.0738. The molecule has 0 unspecified atom stereocenters. The molecule has 98 valence electrons. The molecule has 3 rings (SSSR count). The van der Waals surface area contributed by atoms with E-state index in [1.54, 1.807) is 0 Å². The Balaban J connectivity index is 1.84. The van der Waals surface area contributed by atoms with Crippen LogP contribution in [0.2, 0.25) is 0 Å². The quantitative estimate of drug-likeness (QED) is 0.796. The average Bonchev–Trinajstić information content (AvgIpc) is 2.74. The van der Waals surface area contributed by atoms with Crippen LogP contribution in [0.15, 0.2) is 40.2 Å². The van der Waals surface area contributed by atoms with E-state index in [9.17, 15) is 4.79 Å². The van der Waals surface area contributed by atoms with Crippen molar-refractivity contribution in [2.45, 2.75) is 6.54 Å². The Morgan fingerprint density at radius 2 is 2.11 bits per heavy atom. The number of rotatable bonds is 1. The molecule has 0 saturated carbocycles. The van der Waals surface area contributed by atoms with Crippen LogP contribution in [0, 0.1) is 0 Å². The first kappa shape index (κ1) is 12.7. The highest BCUT2D eigenvalue weighted by Crippen LogP contribution is 2.26. The number of halogens is 1. The Kier molecular flexibility index (Phi) is 3.57. The zero-order valence-electron chi connectivity index (χ0n) is 10.1. The van der Waals surface area contributed by atoms with Gasteiger partial charge in [-0.2, -0.15) is 0 Å². The molecule has 0 radical (unpaired) electrons. The number of hydrogen-bond acceptors (Lipinski definition) is 3. The molecule has 2 heterocycles. The minimum atomic E-state index is 0.0657. The molecule has 2 aromatic rings. The van der Waals surface area contributed by atoms with E-state index >= 15 is 0 Å². The Hall–Kier alpha value is -1.33. The van der Waals surface area contributed by atoms with Crippen molar-refractivity contribution in [2.75, 3.05) is 13.2 Å². The van der Waals surface area contributed by atoms with Gasteiger partial charge < -0.3 is 9.64 Å². The number of hydrogen-bond donors (Lipinski definition) is 0. The third kappa shape index (κ3) is 2.67. The predicted octanol–water partition coefficient (Wildman–Crippen LogP) is 3.55. The third-order valence-electron chi connectivity index (χ3n) is 3.02. The molecule has 19 heavy (non-hydrogen) atoms. The summed E-state index contributed by atoms with van der Waals surface area (Å²) in [6.45, 7) is 1.75. The van der Waals surface area contributed by atoms with Gasteiger partial charge >= 0.3 is 0 Å². The molecule has 1 amide bonds. The lowest BCUT2D eigenvalue weighted by atomic mass is 10.2. The second-order valence-corrected chi connectivity index (χ2v) is 6.75. The Bertz CT molecular complexity index is 611. The van der Waals surface area contributed by atoms with Gasteiger partial charge in [-0.05, 0) is 34.1 Å². The van der Waals surface area contributed by atoms with Crippen LogP contribution in [0.25, 0.3) is 0 Å². The fraction of sp³-hybridized carbons (Fsp3) is 0.214. The molecule has 0 atom stereocenters. The third-order valence-corrected chi connectivity index (χ3v) is 4.64. The van der Waals surface area contributed by atoms with Crippen LogP contribution in [0.3, 0.4) is 0 Å². The summed E-state index contributed by atoms with van der Waals surface area (Å²) < 4.78 is 6.64. The summed E-state index contributed by atoms with van der Waals surface area (Å²) in [6, 6.07) is 11.6. The number of carbonyl (C=O) groups excluding carboxylic acids is 1. The molecule has 3 nitrogen and oxygen atoms in total. The van der Waals surface area contributed by atoms with Crippen LogP contribution >= 0.6 is 27.3 Å². The van der Waals surface area contributed by atoms with E-state index < -0.39 is 0 Å². The van der Waals surface area contributed by atoms with Gasteiger partial charge in [-0.25, -0.2) is 0 Å². The first-order valence-corrected chi connectivity index (χ1v) is 7.60. The molecule has 0 N–H and O–H groups in total. The maximum absolute atomic E-state index is 12.4. The zero-order valence-corrected chi connectivity index (χ0v) is 12.5. The molecule has 0 bridgehead atoms. The molecule has 1 aromatic heterocycles. The summed E-state index contributed by atoms with van der Waals surface area (Å²) in [6.07, 6.45) is 0. The van der Waals surface area contributed by atoms with Gasteiger partial charge in [0.25, 0.3) is 5.91 Å². The molecular formula is C14H12BrNO2S. The van der Waals surface area contributed by atoms with Gasteiger partial charge in [0.1, 0.15) is 12.4 Å². The first-order valence-electron chi connectivity index (χ1n) is 5.99. The van der Waals surface area contributed by atoms with E-state index in [-0.39, 0.29) is 5.91 Å². The molecule has 1 aliphatic heterocycles. The van der Waals surface area contributed by atoms with Gasteiger partial charge in [0.15, 0.2) is 0 Å². The number of carbonyl (C=O) groups is 1. The van der Waals surface area contributed by atoms with Crippen molar-refractivity contribution in [1.82, 2.24) is 4.90 Å². The molecular weight excluding hydrogens is 326 g/mol. The van der Waals surface area contributed by atoms with Crippen LogP contribution in [0.1, 0.15) is 15.2 Å². The van der Waals surface area contributed by atoms with Crippen LogP contribution in [0.5, 0.6) is 5.75 Å². The van der Waals surface area contributed by atoms with E-state index in [1.165, 1.54) is 11.3 Å². The van der Waals surface area contributed by atoms with Gasteiger partial charge in [-0.15, -0.1) is 11.3 Å². The summed E-state index contributed by atoms with van der Waals surface area (Å²) in [4.78, 5) is 15.0. The van der Waals surface area contributed by atoms with Crippen LogP contribution in [-0.4, -0.2) is 24.0 Å². The fourth-order valence-corrected chi connectivity index (χ4v) is 3.44. The highest BCUT2D eigenvalue weighted by atomic mass is 79.9. The summed E-state index contributed by atoms with van der Waals surface area (Å²) in [5.74, 6) is 0.946. The predicted molar refractivity (Wildman–Crippen MR) is 78.7 cm³/mol. The van der Waals surface area contributed by atoms with Crippen LogP contribution in [-0.2, 0) is 6.54 Å². The maximum Gasteiger partial charge on any atom is 0.264 e. The largest absolute Gasteiger partial charge is 0.491 e. The summed E-state index contributed by atoms with van der Waals surface area (Å²) in [5, 5.41) is 0. The van der Waals surface area contributed by atoms with E-state index in [4.69, 9.17) is 4.74 Å². The molecule has 1 aliphatic rings. The standard InChI is InChI=1S/C14H12BrNO2S/c15-13-6-5-12(19-13)14(17)16-7-8-18-11-4-2-1-3-10(11)9-16/h1-6H,7-9H2. The number of para-hydroxylation sites is 1. The van der Waals surface area contributed by atoms with E-state index in [0.717, 1.165) is 20.0 Å². The highest BCUT2D eigenvalue weighted by molar-refractivity contribution is 9.11. The molecule has 0 saturated heterocycles. The van der Waals surface area contributed by atoms with Crippen molar-refractivity contribution in [1.29, 1.82) is 0 Å². The number of benzene rings is 1. The lowest BCUT2D eigenvalue weighted by Gasteiger charge is -2.18. The Morgan fingerprint density at radius 1 is 1.26 bits per heavy atom. The van der Waals surface area contributed by atoms with Crippen LogP contribution in [0.4, 0.5) is 0 Å².